The largest absolute Gasteiger partial charge is 0.343 e. The van der Waals surface area contributed by atoms with E-state index in [4.69, 9.17) is 11.6 Å². The number of carbonyl (C=O) groups excluding carboxylic acids is 1. The van der Waals surface area contributed by atoms with Gasteiger partial charge in [-0.1, -0.05) is 58.9 Å². The Morgan fingerprint density at radius 3 is 2.65 bits per heavy atom. The van der Waals surface area contributed by atoms with Crippen LogP contribution >= 0.6 is 27.5 Å². The van der Waals surface area contributed by atoms with Crippen molar-refractivity contribution in [3.63, 3.8) is 0 Å². The molecule has 1 aliphatic heterocycles. The average molecular weight is 355 g/mol. The average Bonchev–Trinajstić information content (AvgIpc) is 2.71. The summed E-state index contributed by atoms with van der Waals surface area (Å²) in [7, 11) is 0. The maximum absolute atomic E-state index is 12.5. The van der Waals surface area contributed by atoms with Crippen molar-refractivity contribution >= 4 is 39.0 Å². The predicted octanol–water partition coefficient (Wildman–Crippen LogP) is 4.32. The lowest BCUT2D eigenvalue weighted by atomic mass is 9.77. The topological polar surface area (TPSA) is 29.1 Å². The summed E-state index contributed by atoms with van der Waals surface area (Å²) in [5.41, 5.74) is 2.80. The molecule has 1 aliphatic carbocycles. The summed E-state index contributed by atoms with van der Waals surface area (Å²) >= 11 is 9.66. The van der Waals surface area contributed by atoms with Gasteiger partial charge in [-0.3, -0.25) is 4.79 Å². The quantitative estimate of drug-likeness (QED) is 0.787. The molecule has 0 unspecified atom stereocenters. The van der Waals surface area contributed by atoms with Crippen molar-refractivity contribution < 1.29 is 4.79 Å². The SMILES string of the molecule is O=C1NC2(CCCCC2)C(CBr)=C1c1cccc(Cl)c1. The van der Waals surface area contributed by atoms with Crippen molar-refractivity contribution in [2.24, 2.45) is 0 Å². The van der Waals surface area contributed by atoms with E-state index >= 15 is 0 Å². The van der Waals surface area contributed by atoms with Gasteiger partial charge in [0.05, 0.1) is 5.54 Å². The van der Waals surface area contributed by atoms with Crippen molar-refractivity contribution in [1.29, 1.82) is 0 Å². The zero-order valence-electron chi connectivity index (χ0n) is 11.2. The molecule has 4 heteroatoms. The fourth-order valence-electron chi connectivity index (χ4n) is 3.46. The molecule has 1 fully saturated rings. The fraction of sp³-hybridized carbons (Fsp3) is 0.438. The molecule has 1 aromatic carbocycles. The zero-order valence-corrected chi connectivity index (χ0v) is 13.6. The molecule has 0 aromatic heterocycles. The van der Waals surface area contributed by atoms with E-state index in [0.717, 1.165) is 29.3 Å². The van der Waals surface area contributed by atoms with Crippen LogP contribution in [0.1, 0.15) is 37.7 Å². The van der Waals surface area contributed by atoms with Crippen LogP contribution in [0.4, 0.5) is 0 Å². The highest BCUT2D eigenvalue weighted by Crippen LogP contribution is 2.43. The van der Waals surface area contributed by atoms with Crippen LogP contribution in [0.25, 0.3) is 5.57 Å². The second-order valence-electron chi connectivity index (χ2n) is 5.59. The van der Waals surface area contributed by atoms with Crippen molar-refractivity contribution in [3.05, 3.63) is 40.4 Å². The monoisotopic (exact) mass is 353 g/mol. The third kappa shape index (κ3) is 2.31. The third-order valence-corrected chi connectivity index (χ3v) is 5.21. The van der Waals surface area contributed by atoms with Gasteiger partial charge in [0.1, 0.15) is 0 Å². The Morgan fingerprint density at radius 1 is 1.25 bits per heavy atom. The Balaban J connectivity index is 2.10. The molecule has 0 atom stereocenters. The Morgan fingerprint density at radius 2 is 2.00 bits per heavy atom. The molecule has 0 radical (unpaired) electrons. The molecule has 0 saturated heterocycles. The highest BCUT2D eigenvalue weighted by atomic mass is 79.9. The molecule has 3 rings (SSSR count). The molecule has 20 heavy (non-hydrogen) atoms. The first-order valence-corrected chi connectivity index (χ1v) is 8.54. The highest BCUT2D eigenvalue weighted by Gasteiger charge is 2.44. The van der Waals surface area contributed by atoms with Crippen LogP contribution in [0.15, 0.2) is 29.8 Å². The molecule has 2 aliphatic rings. The third-order valence-electron chi connectivity index (χ3n) is 4.41. The lowest BCUT2D eigenvalue weighted by molar-refractivity contribution is -0.116. The van der Waals surface area contributed by atoms with Crippen LogP contribution in [0, 0.1) is 0 Å². The summed E-state index contributed by atoms with van der Waals surface area (Å²) in [6, 6.07) is 7.57. The zero-order chi connectivity index (χ0) is 14.2. The summed E-state index contributed by atoms with van der Waals surface area (Å²) in [4.78, 5) is 12.5. The highest BCUT2D eigenvalue weighted by molar-refractivity contribution is 9.09. The van der Waals surface area contributed by atoms with Crippen LogP contribution in [0.5, 0.6) is 0 Å². The predicted molar refractivity (Wildman–Crippen MR) is 86.1 cm³/mol. The molecule has 1 heterocycles. The summed E-state index contributed by atoms with van der Waals surface area (Å²) in [5.74, 6) is 0.0450. The van der Waals surface area contributed by atoms with Gasteiger partial charge in [-0.15, -0.1) is 0 Å². The number of amides is 1. The molecule has 2 nitrogen and oxygen atoms in total. The van der Waals surface area contributed by atoms with Crippen molar-refractivity contribution in [1.82, 2.24) is 5.32 Å². The van der Waals surface area contributed by atoms with E-state index in [1.54, 1.807) is 0 Å². The fourth-order valence-corrected chi connectivity index (χ4v) is 4.47. The van der Waals surface area contributed by atoms with Crippen LogP contribution in [-0.2, 0) is 4.79 Å². The summed E-state index contributed by atoms with van der Waals surface area (Å²) in [6.45, 7) is 0. The van der Waals surface area contributed by atoms with Gasteiger partial charge >= 0.3 is 0 Å². The van der Waals surface area contributed by atoms with E-state index < -0.39 is 0 Å². The maximum Gasteiger partial charge on any atom is 0.252 e. The molecule has 1 saturated carbocycles. The van der Waals surface area contributed by atoms with E-state index in [2.05, 4.69) is 21.2 Å². The second-order valence-corrected chi connectivity index (χ2v) is 6.59. The second kappa shape index (κ2) is 5.53. The molecule has 1 aromatic rings. The van der Waals surface area contributed by atoms with E-state index in [1.807, 2.05) is 24.3 Å². The minimum atomic E-state index is -0.128. The number of alkyl halides is 1. The Labute approximate surface area is 132 Å². The smallest absolute Gasteiger partial charge is 0.252 e. The van der Waals surface area contributed by atoms with Gasteiger partial charge in [0, 0.05) is 15.9 Å². The van der Waals surface area contributed by atoms with E-state index in [-0.39, 0.29) is 11.4 Å². The minimum Gasteiger partial charge on any atom is -0.343 e. The number of hydrogen-bond donors (Lipinski definition) is 1. The molecule has 1 N–H and O–H groups in total. The van der Waals surface area contributed by atoms with E-state index in [9.17, 15) is 4.79 Å². The number of hydrogen-bond acceptors (Lipinski definition) is 1. The first-order valence-electron chi connectivity index (χ1n) is 7.04. The summed E-state index contributed by atoms with van der Waals surface area (Å²) < 4.78 is 0. The van der Waals surface area contributed by atoms with Crippen LogP contribution in [0.3, 0.4) is 0 Å². The molecule has 0 bridgehead atoms. The lowest BCUT2D eigenvalue weighted by Gasteiger charge is -2.35. The minimum absolute atomic E-state index is 0.0450. The van der Waals surface area contributed by atoms with Crippen LogP contribution < -0.4 is 5.32 Å². The molecule has 1 spiro atoms. The van der Waals surface area contributed by atoms with Gasteiger partial charge in [0.2, 0.25) is 0 Å². The number of benzene rings is 1. The summed E-state index contributed by atoms with van der Waals surface area (Å²) in [6.07, 6.45) is 5.71. The molecule has 1 amide bonds. The van der Waals surface area contributed by atoms with Crippen molar-refractivity contribution in [2.75, 3.05) is 5.33 Å². The Bertz CT molecular complexity index is 576. The standard InChI is InChI=1S/C16H17BrClNO/c17-10-13-14(11-5-4-6-12(18)9-11)15(20)19-16(13)7-2-1-3-8-16/h4-6,9H,1-3,7-8,10H2,(H,19,20). The van der Waals surface area contributed by atoms with Crippen molar-refractivity contribution in [2.45, 2.75) is 37.6 Å². The van der Waals surface area contributed by atoms with Crippen LogP contribution in [0.2, 0.25) is 5.02 Å². The first kappa shape index (κ1) is 14.2. The normalized spacial score (nSPS) is 21.4. The lowest BCUT2D eigenvalue weighted by Crippen LogP contribution is -2.46. The molecular weight excluding hydrogens is 338 g/mol. The molecular formula is C16H17BrClNO. The molecule has 106 valence electrons. The van der Waals surface area contributed by atoms with E-state index in [0.29, 0.717) is 5.02 Å². The number of nitrogens with one attached hydrogen (secondary N) is 1. The Kier molecular flexibility index (Phi) is 3.91. The van der Waals surface area contributed by atoms with E-state index in [1.165, 1.54) is 24.8 Å². The van der Waals surface area contributed by atoms with Gasteiger partial charge < -0.3 is 5.32 Å². The number of rotatable bonds is 2. The maximum atomic E-state index is 12.5. The van der Waals surface area contributed by atoms with Gasteiger partial charge in [-0.05, 0) is 36.1 Å². The van der Waals surface area contributed by atoms with Crippen molar-refractivity contribution in [3.8, 4) is 0 Å². The van der Waals surface area contributed by atoms with Gasteiger partial charge in [0.25, 0.3) is 5.91 Å². The Hall–Kier alpha value is -0.800. The van der Waals surface area contributed by atoms with Gasteiger partial charge in [-0.2, -0.15) is 0 Å². The van der Waals surface area contributed by atoms with Gasteiger partial charge in [-0.25, -0.2) is 0 Å². The van der Waals surface area contributed by atoms with Crippen LogP contribution in [-0.4, -0.2) is 16.8 Å². The number of halogens is 2. The van der Waals surface area contributed by atoms with Gasteiger partial charge in [0.15, 0.2) is 0 Å². The first-order chi connectivity index (χ1) is 9.66. The summed E-state index contributed by atoms with van der Waals surface area (Å²) in [5, 5.41) is 4.65. The number of carbonyl (C=O) groups is 1.